The molecule has 0 aliphatic carbocycles. The van der Waals surface area contributed by atoms with Crippen LogP contribution in [0, 0.1) is 0 Å². The summed E-state index contributed by atoms with van der Waals surface area (Å²) in [6.07, 6.45) is 2.67. The van der Waals surface area contributed by atoms with Crippen LogP contribution in [0.4, 0.5) is 0 Å². The maximum absolute atomic E-state index is 12.2. The molecule has 1 aliphatic rings. The Morgan fingerprint density at radius 3 is 3.20 bits per heavy atom. The molecular formula is C18H19N3O3S. The maximum atomic E-state index is 12.2. The fourth-order valence-corrected chi connectivity index (χ4v) is 3.86. The Balaban J connectivity index is 1.62. The van der Waals surface area contributed by atoms with Crippen molar-refractivity contribution in [3.63, 3.8) is 0 Å². The standard InChI is InChI=1S/C18H19N3O3S/c1-23-15-5-2-4-13-11-20(6-3-8-24-17(13)15)12-14-10-16(22)21-7-9-25-18(21)19-14/h2,4-5,7,9-10H,3,6,8,11-12H2,1H3. The number of benzene rings is 1. The van der Waals surface area contributed by atoms with Crippen molar-refractivity contribution < 1.29 is 9.47 Å². The summed E-state index contributed by atoms with van der Waals surface area (Å²) in [5, 5.41) is 1.88. The van der Waals surface area contributed by atoms with Crippen LogP contribution in [0.1, 0.15) is 17.7 Å². The van der Waals surface area contributed by atoms with Gasteiger partial charge in [-0.2, -0.15) is 0 Å². The Labute approximate surface area is 149 Å². The van der Waals surface area contributed by atoms with E-state index < -0.39 is 0 Å². The molecule has 0 fully saturated rings. The van der Waals surface area contributed by atoms with Crippen LogP contribution >= 0.6 is 11.3 Å². The summed E-state index contributed by atoms with van der Waals surface area (Å²) in [6, 6.07) is 7.57. The molecule has 2 aromatic heterocycles. The van der Waals surface area contributed by atoms with E-state index in [0.29, 0.717) is 13.2 Å². The van der Waals surface area contributed by atoms with Gasteiger partial charge in [-0.1, -0.05) is 12.1 Å². The number of methoxy groups -OCH3 is 1. The first-order chi connectivity index (χ1) is 12.2. The van der Waals surface area contributed by atoms with Crippen LogP contribution in [-0.2, 0) is 13.1 Å². The average Bonchev–Trinajstić information content (AvgIpc) is 3.06. The Hall–Kier alpha value is -2.38. The highest BCUT2D eigenvalue weighted by Gasteiger charge is 2.18. The monoisotopic (exact) mass is 357 g/mol. The summed E-state index contributed by atoms with van der Waals surface area (Å²) < 4.78 is 12.9. The second-order valence-electron chi connectivity index (χ2n) is 6.00. The lowest BCUT2D eigenvalue weighted by molar-refractivity contribution is 0.194. The first-order valence-corrected chi connectivity index (χ1v) is 9.09. The predicted molar refractivity (Wildman–Crippen MR) is 96.6 cm³/mol. The number of fused-ring (bicyclic) bond motifs is 2. The van der Waals surface area contributed by atoms with Crippen molar-refractivity contribution in [2.75, 3.05) is 20.3 Å². The summed E-state index contributed by atoms with van der Waals surface area (Å²) in [6.45, 7) is 2.91. The summed E-state index contributed by atoms with van der Waals surface area (Å²) in [5.41, 5.74) is 1.87. The van der Waals surface area contributed by atoms with Crippen molar-refractivity contribution in [2.45, 2.75) is 19.5 Å². The number of hydrogen-bond donors (Lipinski definition) is 0. The van der Waals surface area contributed by atoms with Gasteiger partial charge in [-0.3, -0.25) is 14.1 Å². The lowest BCUT2D eigenvalue weighted by atomic mass is 10.1. The van der Waals surface area contributed by atoms with Crippen LogP contribution in [0.3, 0.4) is 0 Å². The number of aromatic nitrogens is 2. The van der Waals surface area contributed by atoms with Crippen molar-refractivity contribution in [1.82, 2.24) is 14.3 Å². The Morgan fingerprint density at radius 2 is 2.32 bits per heavy atom. The molecule has 1 aromatic carbocycles. The Morgan fingerprint density at radius 1 is 1.40 bits per heavy atom. The van der Waals surface area contributed by atoms with E-state index in [1.807, 2.05) is 17.5 Å². The molecule has 0 spiro atoms. The molecule has 1 aliphatic heterocycles. The third-order valence-corrected chi connectivity index (χ3v) is 5.04. The highest BCUT2D eigenvalue weighted by molar-refractivity contribution is 7.15. The molecule has 0 atom stereocenters. The molecule has 0 unspecified atom stereocenters. The van der Waals surface area contributed by atoms with Crippen LogP contribution in [-0.4, -0.2) is 34.5 Å². The molecule has 130 valence electrons. The molecule has 0 N–H and O–H groups in total. The van der Waals surface area contributed by atoms with Gasteiger partial charge in [0.2, 0.25) is 0 Å². The molecular weight excluding hydrogens is 338 g/mol. The summed E-state index contributed by atoms with van der Waals surface area (Å²) in [4.78, 5) is 19.8. The first-order valence-electron chi connectivity index (χ1n) is 8.21. The quantitative estimate of drug-likeness (QED) is 0.721. The zero-order valence-corrected chi connectivity index (χ0v) is 14.8. The molecule has 0 saturated carbocycles. The predicted octanol–water partition coefficient (Wildman–Crippen LogP) is 2.55. The van der Waals surface area contributed by atoms with Gasteiger partial charge in [0.25, 0.3) is 5.56 Å². The Bertz CT molecular complexity index is 950. The van der Waals surface area contributed by atoms with Crippen LogP contribution in [0.5, 0.6) is 11.5 Å². The molecule has 6 nitrogen and oxygen atoms in total. The minimum atomic E-state index is -0.0290. The molecule has 0 saturated heterocycles. The van der Waals surface area contributed by atoms with E-state index in [2.05, 4.69) is 16.0 Å². The Kier molecular flexibility index (Phi) is 4.42. The molecule has 0 bridgehead atoms. The van der Waals surface area contributed by atoms with Crippen molar-refractivity contribution >= 4 is 16.3 Å². The zero-order valence-electron chi connectivity index (χ0n) is 14.0. The number of nitrogens with zero attached hydrogens (tertiary/aromatic N) is 3. The minimum Gasteiger partial charge on any atom is -0.493 e. The van der Waals surface area contributed by atoms with Crippen molar-refractivity contribution in [2.24, 2.45) is 0 Å². The van der Waals surface area contributed by atoms with Gasteiger partial charge in [0.05, 0.1) is 19.4 Å². The van der Waals surface area contributed by atoms with Crippen molar-refractivity contribution in [3.05, 3.63) is 57.5 Å². The number of thiazole rings is 1. The van der Waals surface area contributed by atoms with Gasteiger partial charge in [0, 0.05) is 42.8 Å². The average molecular weight is 357 g/mol. The SMILES string of the molecule is COc1cccc2c1OCCCN(Cc1cc(=O)n3ccsc3n1)C2. The molecule has 3 aromatic rings. The first kappa shape index (κ1) is 16.1. The minimum absolute atomic E-state index is 0.0290. The van der Waals surface area contributed by atoms with Gasteiger partial charge in [-0.25, -0.2) is 4.98 Å². The van der Waals surface area contributed by atoms with E-state index in [-0.39, 0.29) is 5.56 Å². The number of ether oxygens (including phenoxy) is 2. The van der Waals surface area contributed by atoms with E-state index in [0.717, 1.165) is 47.2 Å². The topological polar surface area (TPSA) is 56.1 Å². The van der Waals surface area contributed by atoms with Crippen molar-refractivity contribution in [3.8, 4) is 11.5 Å². The van der Waals surface area contributed by atoms with Gasteiger partial charge >= 0.3 is 0 Å². The second-order valence-corrected chi connectivity index (χ2v) is 6.88. The summed E-state index contributed by atoms with van der Waals surface area (Å²) in [5.74, 6) is 1.58. The fourth-order valence-electron chi connectivity index (χ4n) is 3.13. The van der Waals surface area contributed by atoms with Gasteiger partial charge in [0.1, 0.15) is 0 Å². The van der Waals surface area contributed by atoms with Gasteiger partial charge in [0.15, 0.2) is 16.5 Å². The summed E-state index contributed by atoms with van der Waals surface area (Å²) >= 11 is 1.48. The number of hydrogen-bond acceptors (Lipinski definition) is 6. The third kappa shape index (κ3) is 3.25. The van der Waals surface area contributed by atoms with E-state index >= 15 is 0 Å². The van der Waals surface area contributed by atoms with E-state index in [1.165, 1.54) is 11.3 Å². The molecule has 0 radical (unpaired) electrons. The molecule has 3 heterocycles. The highest BCUT2D eigenvalue weighted by Crippen LogP contribution is 2.33. The molecule has 4 rings (SSSR count). The lowest BCUT2D eigenvalue weighted by Crippen LogP contribution is -2.28. The fraction of sp³-hybridized carbons (Fsp3) is 0.333. The number of rotatable bonds is 3. The van der Waals surface area contributed by atoms with E-state index in [4.69, 9.17) is 9.47 Å². The second kappa shape index (κ2) is 6.85. The van der Waals surface area contributed by atoms with Crippen LogP contribution in [0.15, 0.2) is 40.6 Å². The van der Waals surface area contributed by atoms with Crippen LogP contribution in [0.2, 0.25) is 0 Å². The smallest absolute Gasteiger partial charge is 0.258 e. The normalized spacial score (nSPS) is 15.2. The van der Waals surface area contributed by atoms with Crippen LogP contribution < -0.4 is 15.0 Å². The number of para-hydroxylation sites is 1. The molecule has 7 heteroatoms. The third-order valence-electron chi connectivity index (χ3n) is 4.28. The molecule has 25 heavy (non-hydrogen) atoms. The van der Waals surface area contributed by atoms with Gasteiger partial charge < -0.3 is 9.47 Å². The van der Waals surface area contributed by atoms with E-state index in [9.17, 15) is 4.79 Å². The zero-order chi connectivity index (χ0) is 17.2. The van der Waals surface area contributed by atoms with Crippen molar-refractivity contribution in [1.29, 1.82) is 0 Å². The highest BCUT2D eigenvalue weighted by atomic mass is 32.1. The maximum Gasteiger partial charge on any atom is 0.258 e. The van der Waals surface area contributed by atoms with E-state index in [1.54, 1.807) is 23.8 Å². The van der Waals surface area contributed by atoms with Crippen LogP contribution in [0.25, 0.3) is 4.96 Å². The largest absolute Gasteiger partial charge is 0.493 e. The summed E-state index contributed by atoms with van der Waals surface area (Å²) in [7, 11) is 1.66. The van der Waals surface area contributed by atoms with Gasteiger partial charge in [-0.15, -0.1) is 11.3 Å². The molecule has 0 amide bonds. The van der Waals surface area contributed by atoms with Gasteiger partial charge in [-0.05, 0) is 12.5 Å². The lowest BCUT2D eigenvalue weighted by Gasteiger charge is -2.26.